The van der Waals surface area contributed by atoms with Crippen LogP contribution in [0.4, 0.5) is 0 Å². The zero-order chi connectivity index (χ0) is 34.9. The van der Waals surface area contributed by atoms with Gasteiger partial charge >= 0.3 is 5.97 Å². The van der Waals surface area contributed by atoms with Gasteiger partial charge in [0.05, 0.1) is 12.2 Å². The average Bonchev–Trinajstić information content (AvgIpc) is 3.37. The molecule has 0 saturated heterocycles. The van der Waals surface area contributed by atoms with E-state index in [1.54, 1.807) is 32.9 Å². The molecule has 7 nitrogen and oxygen atoms in total. The Morgan fingerprint density at radius 2 is 1.72 bits per heavy atom. The van der Waals surface area contributed by atoms with E-state index in [2.05, 4.69) is 32.9 Å². The lowest BCUT2D eigenvalue weighted by molar-refractivity contribution is -0.219. The molecular formula is C40H54O7. The van der Waals surface area contributed by atoms with Gasteiger partial charge in [0, 0.05) is 41.6 Å². The van der Waals surface area contributed by atoms with Gasteiger partial charge in [-0.3, -0.25) is 4.79 Å². The van der Waals surface area contributed by atoms with E-state index in [4.69, 9.17) is 4.74 Å². The number of hydrogen-bond donors (Lipinski definition) is 4. The molecule has 0 aliphatic heterocycles. The summed E-state index contributed by atoms with van der Waals surface area (Å²) in [5, 5.41) is 46.7. The fraction of sp³-hybridized carbons (Fsp3) is 0.600. The highest BCUT2D eigenvalue weighted by molar-refractivity contribution is 6.04. The van der Waals surface area contributed by atoms with Crippen LogP contribution in [0.2, 0.25) is 0 Å². The fourth-order valence-corrected chi connectivity index (χ4v) is 9.63. The van der Waals surface area contributed by atoms with Crippen LogP contribution in [0.3, 0.4) is 0 Å². The second kappa shape index (κ2) is 11.9. The van der Waals surface area contributed by atoms with E-state index in [0.717, 1.165) is 12.0 Å². The summed E-state index contributed by atoms with van der Waals surface area (Å²) in [5.41, 5.74) is -0.331. The second-order valence-electron chi connectivity index (χ2n) is 16.2. The van der Waals surface area contributed by atoms with Gasteiger partial charge in [-0.05, 0) is 74.7 Å². The van der Waals surface area contributed by atoms with Crippen LogP contribution >= 0.6 is 0 Å². The Morgan fingerprint density at radius 1 is 1.04 bits per heavy atom. The topological polar surface area (TPSA) is 124 Å². The quantitative estimate of drug-likeness (QED) is 0.116. The first-order valence-corrected chi connectivity index (χ1v) is 17.1. The van der Waals surface area contributed by atoms with Crippen molar-refractivity contribution in [3.63, 3.8) is 0 Å². The molecule has 7 heteroatoms. The molecule has 2 saturated carbocycles. The number of carbonyl (C=O) groups is 2. The van der Waals surface area contributed by atoms with Crippen molar-refractivity contribution in [2.75, 3.05) is 6.61 Å². The van der Waals surface area contributed by atoms with Crippen molar-refractivity contribution in [1.82, 2.24) is 0 Å². The van der Waals surface area contributed by atoms with E-state index in [-0.39, 0.29) is 18.4 Å². The van der Waals surface area contributed by atoms with E-state index < -0.39 is 63.7 Å². The first-order valence-electron chi connectivity index (χ1n) is 17.1. The summed E-state index contributed by atoms with van der Waals surface area (Å²) in [7, 11) is 0. The molecule has 0 heterocycles. The molecule has 0 aromatic carbocycles. The number of Topliss-reactive ketones (excluding diaryl/α,β-unsaturated/α-hetero) is 1. The number of hydrogen-bond acceptors (Lipinski definition) is 7. The monoisotopic (exact) mass is 646 g/mol. The van der Waals surface area contributed by atoms with Gasteiger partial charge in [-0.25, -0.2) is 4.79 Å². The lowest BCUT2D eigenvalue weighted by atomic mass is 9.59. The Hall–Kier alpha value is -2.84. The minimum Gasteiger partial charge on any atom is -0.456 e. The number of esters is 1. The molecule has 0 spiro atoms. The maximum atomic E-state index is 13.4. The van der Waals surface area contributed by atoms with Crippen molar-refractivity contribution >= 4 is 11.8 Å². The molecule has 0 aromatic heterocycles. The van der Waals surface area contributed by atoms with Gasteiger partial charge in [0.2, 0.25) is 0 Å². The van der Waals surface area contributed by atoms with E-state index >= 15 is 0 Å². The molecule has 5 rings (SSSR count). The normalized spacial score (nSPS) is 39.7. The van der Waals surface area contributed by atoms with Gasteiger partial charge in [0.15, 0.2) is 5.78 Å². The molecule has 8 atom stereocenters. The number of ketones is 1. The third-order valence-electron chi connectivity index (χ3n) is 12.4. The number of aliphatic hydroxyl groups excluding tert-OH is 1. The van der Waals surface area contributed by atoms with Crippen LogP contribution in [-0.2, 0) is 14.3 Å². The molecule has 5 aliphatic rings. The second-order valence-corrected chi connectivity index (χ2v) is 16.2. The summed E-state index contributed by atoms with van der Waals surface area (Å²) in [6, 6.07) is 0. The van der Waals surface area contributed by atoms with E-state index in [1.165, 1.54) is 30.1 Å². The Morgan fingerprint density at radius 3 is 2.36 bits per heavy atom. The Balaban J connectivity index is 1.37. The highest BCUT2D eigenvalue weighted by Gasteiger charge is 2.85. The largest absolute Gasteiger partial charge is 0.456 e. The SMILES string of the molecule is CC(C=CC1=C(C)CCCC1(C)C)=CC=CC(C)=CC(=O)O[C@@H]1[C@@H](C)[C@@]2(O)[C@@H](C=C(CO)C[C@]3(O)C(=O)C(C)=C[C@@H]23)[C@H]2C(C)(C)[C@]12O. The minimum atomic E-state index is -1.94. The predicted octanol–water partition coefficient (Wildman–Crippen LogP) is 6.01. The highest BCUT2D eigenvalue weighted by Crippen LogP contribution is 2.75. The summed E-state index contributed by atoms with van der Waals surface area (Å²) in [5.74, 6) is -4.20. The first-order chi connectivity index (χ1) is 21.8. The molecule has 47 heavy (non-hydrogen) atoms. The molecule has 0 radical (unpaired) electrons. The van der Waals surface area contributed by atoms with E-state index in [9.17, 15) is 30.0 Å². The van der Waals surface area contributed by atoms with Crippen LogP contribution in [0.15, 0.2) is 82.0 Å². The molecule has 2 fully saturated rings. The molecule has 0 unspecified atom stereocenters. The van der Waals surface area contributed by atoms with Crippen molar-refractivity contribution in [1.29, 1.82) is 0 Å². The number of ether oxygens (including phenoxy) is 1. The number of allylic oxidation sites excluding steroid dienone is 9. The van der Waals surface area contributed by atoms with Crippen molar-refractivity contribution in [3.8, 4) is 0 Å². The average molecular weight is 647 g/mol. The molecule has 0 bridgehead atoms. The Bertz CT molecular complexity index is 1560. The number of rotatable bonds is 7. The zero-order valence-electron chi connectivity index (χ0n) is 29.6. The summed E-state index contributed by atoms with van der Waals surface area (Å²) in [4.78, 5) is 26.6. The highest BCUT2D eigenvalue weighted by atomic mass is 16.6. The summed E-state index contributed by atoms with van der Waals surface area (Å²) in [6.45, 7) is 17.3. The van der Waals surface area contributed by atoms with Crippen LogP contribution in [0.25, 0.3) is 0 Å². The maximum absolute atomic E-state index is 13.4. The van der Waals surface area contributed by atoms with E-state index in [0.29, 0.717) is 16.7 Å². The van der Waals surface area contributed by atoms with Gasteiger partial charge in [0.1, 0.15) is 17.3 Å². The van der Waals surface area contributed by atoms with Crippen molar-refractivity contribution < 1.29 is 34.8 Å². The third kappa shape index (κ3) is 5.51. The Kier molecular flexibility index (Phi) is 9.01. The number of aliphatic hydroxyl groups is 4. The van der Waals surface area contributed by atoms with Gasteiger partial charge in [-0.2, -0.15) is 0 Å². The van der Waals surface area contributed by atoms with Gasteiger partial charge in [-0.15, -0.1) is 0 Å². The van der Waals surface area contributed by atoms with E-state index in [1.807, 2.05) is 39.0 Å². The van der Waals surface area contributed by atoms with Crippen LogP contribution < -0.4 is 0 Å². The van der Waals surface area contributed by atoms with Gasteiger partial charge < -0.3 is 25.2 Å². The number of carbonyl (C=O) groups excluding carboxylic acids is 2. The van der Waals surface area contributed by atoms with Crippen LogP contribution in [0, 0.1) is 34.5 Å². The van der Waals surface area contributed by atoms with Gasteiger partial charge in [-0.1, -0.05) is 88.3 Å². The summed E-state index contributed by atoms with van der Waals surface area (Å²) >= 11 is 0. The van der Waals surface area contributed by atoms with Crippen molar-refractivity contribution in [2.24, 2.45) is 34.5 Å². The summed E-state index contributed by atoms with van der Waals surface area (Å²) in [6.07, 6.45) is 17.1. The molecule has 0 aromatic rings. The number of fused-ring (bicyclic) bond motifs is 5. The first kappa shape index (κ1) is 35.5. The predicted molar refractivity (Wildman–Crippen MR) is 183 cm³/mol. The fourth-order valence-electron chi connectivity index (χ4n) is 9.63. The molecule has 0 amide bonds. The minimum absolute atomic E-state index is 0.115. The van der Waals surface area contributed by atoms with Crippen LogP contribution in [-0.4, -0.2) is 61.7 Å². The zero-order valence-corrected chi connectivity index (χ0v) is 29.6. The maximum Gasteiger partial charge on any atom is 0.331 e. The van der Waals surface area contributed by atoms with Gasteiger partial charge in [0.25, 0.3) is 0 Å². The van der Waals surface area contributed by atoms with Crippen molar-refractivity contribution in [2.45, 2.75) is 111 Å². The molecule has 256 valence electrons. The Labute approximate surface area is 280 Å². The van der Waals surface area contributed by atoms with Crippen LogP contribution in [0.1, 0.15) is 88.0 Å². The molecule has 5 aliphatic carbocycles. The third-order valence-corrected chi connectivity index (χ3v) is 12.4. The lowest BCUT2D eigenvalue weighted by Crippen LogP contribution is -2.65. The van der Waals surface area contributed by atoms with Crippen LogP contribution in [0.5, 0.6) is 0 Å². The summed E-state index contributed by atoms with van der Waals surface area (Å²) < 4.78 is 6.02. The smallest absolute Gasteiger partial charge is 0.331 e. The molecule has 4 N–H and O–H groups in total. The lowest BCUT2D eigenvalue weighted by Gasteiger charge is -2.52. The standard InChI is InChI=1S/C40H54O7/c1-23(15-16-29-25(3)14-11-17-36(29,6)7)12-10-13-24(2)18-32(42)47-35-27(5)39(45)30(33-37(8,9)40(33,35)46)20-28(22-41)21-38(44)31(39)19-26(4)34(38)43/h10,12-13,15-16,18-20,27,30-31,33,35,41,44-46H,11,14,17,21-22H2,1-9H3/t27-,30+,31-,33+,35-,38-,39-,40-/m1/s1. The molecular weight excluding hydrogens is 592 g/mol. The van der Waals surface area contributed by atoms with Crippen molar-refractivity contribution in [3.05, 3.63) is 82.0 Å².